The van der Waals surface area contributed by atoms with E-state index in [1.165, 1.54) is 41.7 Å². The number of sulfonamides is 1. The lowest BCUT2D eigenvalue weighted by Gasteiger charge is -2.15. The Balaban J connectivity index is 2.12. The second-order valence-corrected chi connectivity index (χ2v) is 7.28. The molecule has 4 nitrogen and oxygen atoms in total. The predicted octanol–water partition coefficient (Wildman–Crippen LogP) is 3.25. The minimum Gasteiger partial charge on any atom is -0.352 e. The molecule has 0 atom stereocenters. The zero-order valence-electron chi connectivity index (χ0n) is 12.2. The van der Waals surface area contributed by atoms with Crippen LogP contribution >= 0.6 is 11.6 Å². The van der Waals surface area contributed by atoms with Gasteiger partial charge in [0.2, 0.25) is 10.0 Å². The fourth-order valence-electron chi connectivity index (χ4n) is 1.88. The monoisotopic (exact) mass is 342 g/mol. The molecule has 0 N–H and O–H groups in total. The van der Waals surface area contributed by atoms with Gasteiger partial charge >= 0.3 is 0 Å². The van der Waals surface area contributed by atoms with E-state index in [9.17, 15) is 12.8 Å². The molecule has 0 aliphatic carbocycles. The van der Waals surface area contributed by atoms with Crippen LogP contribution < -0.4 is 0 Å². The van der Waals surface area contributed by atoms with Gasteiger partial charge in [-0.05, 0) is 29.8 Å². The maximum absolute atomic E-state index is 12.8. The molecule has 1 heterocycles. The first-order valence-electron chi connectivity index (χ1n) is 6.48. The number of hydrogen-bond acceptors (Lipinski definition) is 2. The van der Waals surface area contributed by atoms with Crippen molar-refractivity contribution in [1.29, 1.82) is 0 Å². The minimum atomic E-state index is -3.57. The normalized spacial score (nSPS) is 12.4. The Morgan fingerprint density at radius 3 is 2.50 bits per heavy atom. The van der Waals surface area contributed by atoms with Gasteiger partial charge in [0.15, 0.2) is 0 Å². The van der Waals surface area contributed by atoms with E-state index in [1.54, 1.807) is 23.9 Å². The Labute approximate surface area is 134 Å². The van der Waals surface area contributed by atoms with Gasteiger partial charge in [0.05, 0.1) is 11.6 Å². The number of aryl methyl sites for hydroxylation is 1. The number of nitrogens with zero attached hydrogens (tertiary/aromatic N) is 2. The smallest absolute Gasteiger partial charge is 0.236 e. The van der Waals surface area contributed by atoms with Crippen LogP contribution in [0.3, 0.4) is 0 Å². The van der Waals surface area contributed by atoms with Crippen molar-refractivity contribution in [3.05, 3.63) is 64.0 Å². The van der Waals surface area contributed by atoms with Crippen LogP contribution in [0.2, 0.25) is 5.02 Å². The maximum Gasteiger partial charge on any atom is 0.236 e. The molecule has 0 aliphatic rings. The molecule has 1 aromatic heterocycles. The number of halogens is 2. The van der Waals surface area contributed by atoms with Gasteiger partial charge in [-0.1, -0.05) is 23.7 Å². The van der Waals surface area contributed by atoms with Crippen LogP contribution in [0, 0.1) is 5.82 Å². The van der Waals surface area contributed by atoms with E-state index in [4.69, 9.17) is 11.6 Å². The summed E-state index contributed by atoms with van der Waals surface area (Å²) >= 11 is 5.88. The van der Waals surface area contributed by atoms with Crippen molar-refractivity contribution < 1.29 is 12.8 Å². The minimum absolute atomic E-state index is 0.208. The Kier molecular flexibility index (Phi) is 5.05. The highest BCUT2D eigenvalue weighted by molar-refractivity contribution is 7.92. The van der Waals surface area contributed by atoms with Crippen molar-refractivity contribution in [3.63, 3.8) is 0 Å². The van der Waals surface area contributed by atoms with Crippen molar-refractivity contribution in [2.75, 3.05) is 7.05 Å². The highest BCUT2D eigenvalue weighted by Crippen LogP contribution is 2.16. The van der Waals surface area contributed by atoms with Gasteiger partial charge < -0.3 is 4.57 Å². The molecule has 0 saturated heterocycles. The first kappa shape index (κ1) is 16.7. The molecule has 0 aliphatic heterocycles. The summed E-state index contributed by atoms with van der Waals surface area (Å²) in [7, 11) is -0.279. The van der Waals surface area contributed by atoms with Crippen LogP contribution in [0.15, 0.2) is 41.9 Å². The molecular weight excluding hydrogens is 327 g/mol. The second-order valence-electron chi connectivity index (χ2n) is 4.92. The lowest BCUT2D eigenvalue weighted by Crippen LogP contribution is -2.25. The molecular formula is C15H16ClFN2O2S. The Hall–Kier alpha value is -1.63. The molecule has 118 valence electrons. The van der Waals surface area contributed by atoms with Gasteiger partial charge in [-0.3, -0.25) is 0 Å². The number of hydrogen-bond donors (Lipinski definition) is 0. The van der Waals surface area contributed by atoms with E-state index >= 15 is 0 Å². The summed E-state index contributed by atoms with van der Waals surface area (Å²) in [4.78, 5) is 0. The third kappa shape index (κ3) is 4.19. The number of rotatable bonds is 5. The molecule has 0 spiro atoms. The first-order chi connectivity index (χ1) is 10.3. The Morgan fingerprint density at radius 1 is 1.32 bits per heavy atom. The predicted molar refractivity (Wildman–Crippen MR) is 86.2 cm³/mol. The van der Waals surface area contributed by atoms with E-state index in [0.29, 0.717) is 10.6 Å². The summed E-state index contributed by atoms with van der Waals surface area (Å²) in [6.07, 6.45) is 3.15. The van der Waals surface area contributed by atoms with E-state index in [2.05, 4.69) is 0 Å². The zero-order chi connectivity index (χ0) is 16.3. The third-order valence-corrected chi connectivity index (χ3v) is 4.88. The van der Waals surface area contributed by atoms with Crippen molar-refractivity contribution in [3.8, 4) is 0 Å². The van der Waals surface area contributed by atoms with Crippen LogP contribution in [0.5, 0.6) is 0 Å². The van der Waals surface area contributed by atoms with Crippen molar-refractivity contribution in [2.45, 2.75) is 6.54 Å². The third-order valence-electron chi connectivity index (χ3n) is 3.20. The van der Waals surface area contributed by atoms with Gasteiger partial charge in [0.25, 0.3) is 0 Å². The van der Waals surface area contributed by atoms with E-state index in [-0.39, 0.29) is 12.4 Å². The topological polar surface area (TPSA) is 42.3 Å². The molecule has 0 radical (unpaired) electrons. The average Bonchev–Trinajstić information content (AvgIpc) is 2.76. The quantitative estimate of drug-likeness (QED) is 0.837. The van der Waals surface area contributed by atoms with Crippen LogP contribution in [0.4, 0.5) is 4.39 Å². The average molecular weight is 343 g/mol. The number of aromatic nitrogens is 1. The molecule has 0 fully saturated rings. The van der Waals surface area contributed by atoms with Crippen LogP contribution in [0.1, 0.15) is 11.3 Å². The van der Waals surface area contributed by atoms with Crippen molar-refractivity contribution in [2.24, 2.45) is 7.05 Å². The fraction of sp³-hybridized carbons (Fsp3) is 0.200. The summed E-state index contributed by atoms with van der Waals surface area (Å²) in [5.74, 6) is -0.363. The molecule has 2 rings (SSSR count). The Bertz CT molecular complexity index is 782. The largest absolute Gasteiger partial charge is 0.352 e. The van der Waals surface area contributed by atoms with Gasteiger partial charge in [0.1, 0.15) is 5.82 Å². The van der Waals surface area contributed by atoms with E-state index in [1.807, 2.05) is 0 Å². The summed E-state index contributed by atoms with van der Waals surface area (Å²) < 4.78 is 40.2. The second kappa shape index (κ2) is 6.64. The summed E-state index contributed by atoms with van der Waals surface area (Å²) in [5.41, 5.74) is 1.39. The SMILES string of the molecule is CN(Cc1cc(Cl)cn1C)S(=O)(=O)/C=C/c1ccc(F)cc1. The highest BCUT2D eigenvalue weighted by atomic mass is 35.5. The van der Waals surface area contributed by atoms with Crippen molar-refractivity contribution in [1.82, 2.24) is 8.87 Å². The molecule has 7 heteroatoms. The molecule has 0 saturated carbocycles. The van der Waals surface area contributed by atoms with Gasteiger partial charge in [-0.2, -0.15) is 4.31 Å². The maximum atomic E-state index is 12.8. The molecule has 22 heavy (non-hydrogen) atoms. The highest BCUT2D eigenvalue weighted by Gasteiger charge is 2.16. The van der Waals surface area contributed by atoms with Crippen molar-refractivity contribution >= 4 is 27.7 Å². The zero-order valence-corrected chi connectivity index (χ0v) is 13.8. The summed E-state index contributed by atoms with van der Waals surface area (Å²) in [5, 5.41) is 1.66. The summed E-state index contributed by atoms with van der Waals surface area (Å²) in [6.45, 7) is 0.208. The molecule has 0 amide bonds. The van der Waals surface area contributed by atoms with Gasteiger partial charge in [-0.25, -0.2) is 12.8 Å². The van der Waals surface area contributed by atoms with Gasteiger partial charge in [-0.15, -0.1) is 0 Å². The lowest BCUT2D eigenvalue weighted by molar-refractivity contribution is 0.465. The molecule has 1 aromatic carbocycles. The van der Waals surface area contributed by atoms with Crippen LogP contribution in [-0.2, 0) is 23.6 Å². The van der Waals surface area contributed by atoms with E-state index < -0.39 is 10.0 Å². The fourth-order valence-corrected chi connectivity index (χ4v) is 3.01. The van der Waals surface area contributed by atoms with Gasteiger partial charge in [0, 0.05) is 31.4 Å². The molecule has 2 aromatic rings. The molecule has 0 bridgehead atoms. The molecule has 0 unspecified atom stereocenters. The lowest BCUT2D eigenvalue weighted by atomic mass is 10.2. The van der Waals surface area contributed by atoms with Crippen LogP contribution in [0.25, 0.3) is 6.08 Å². The van der Waals surface area contributed by atoms with Crippen LogP contribution in [-0.4, -0.2) is 24.3 Å². The van der Waals surface area contributed by atoms with E-state index in [0.717, 1.165) is 11.1 Å². The number of benzene rings is 1. The summed E-state index contributed by atoms with van der Waals surface area (Å²) in [6, 6.07) is 7.30. The standard InChI is InChI=1S/C15H16ClFN2O2S/c1-18-10-13(16)9-15(18)11-19(2)22(20,21)8-7-12-3-5-14(17)6-4-12/h3-10H,11H2,1-2H3/b8-7+. The Morgan fingerprint density at radius 2 is 1.95 bits per heavy atom. The first-order valence-corrected chi connectivity index (χ1v) is 8.37.